The van der Waals surface area contributed by atoms with E-state index in [0.29, 0.717) is 22.4 Å². The highest BCUT2D eigenvalue weighted by molar-refractivity contribution is 9.10. The Kier molecular flexibility index (Phi) is 6.30. The molecule has 0 unspecified atom stereocenters. The molecule has 1 N–H and O–H groups in total. The summed E-state index contributed by atoms with van der Waals surface area (Å²) in [6, 6.07) is 21.4. The highest BCUT2D eigenvalue weighted by atomic mass is 79.9. The summed E-state index contributed by atoms with van der Waals surface area (Å²) in [5, 5.41) is 3.19. The molecule has 1 fully saturated rings. The largest absolute Gasteiger partial charge is 0.488 e. The van der Waals surface area contributed by atoms with Gasteiger partial charge in [-0.1, -0.05) is 36.4 Å². The van der Waals surface area contributed by atoms with Gasteiger partial charge in [-0.05, 0) is 81.3 Å². The van der Waals surface area contributed by atoms with Crippen molar-refractivity contribution >= 4 is 50.5 Å². The predicted octanol–water partition coefficient (Wildman–Crippen LogP) is 6.06. The van der Waals surface area contributed by atoms with E-state index in [-0.39, 0.29) is 11.7 Å². The number of amidine groups is 1. The molecular formula is C23H16BrFN2O2S. The fourth-order valence-corrected chi connectivity index (χ4v) is 4.08. The summed E-state index contributed by atoms with van der Waals surface area (Å²) in [6.07, 6.45) is 1.79. The third-order valence-electron chi connectivity index (χ3n) is 4.20. The zero-order valence-electron chi connectivity index (χ0n) is 15.6. The normalized spacial score (nSPS) is 16.1. The number of nitrogens with zero attached hydrogens (tertiary/aromatic N) is 1. The molecule has 1 amide bonds. The molecule has 1 aliphatic heterocycles. The lowest BCUT2D eigenvalue weighted by atomic mass is 10.2. The third-order valence-corrected chi connectivity index (χ3v) is 5.73. The van der Waals surface area contributed by atoms with Gasteiger partial charge in [0.25, 0.3) is 5.91 Å². The second-order valence-corrected chi connectivity index (χ2v) is 8.31. The first-order valence-corrected chi connectivity index (χ1v) is 10.7. The van der Waals surface area contributed by atoms with Gasteiger partial charge in [-0.25, -0.2) is 9.38 Å². The molecule has 0 aromatic heterocycles. The molecule has 0 bridgehead atoms. The van der Waals surface area contributed by atoms with E-state index < -0.39 is 0 Å². The van der Waals surface area contributed by atoms with Crippen molar-refractivity contribution in [3.63, 3.8) is 0 Å². The summed E-state index contributed by atoms with van der Waals surface area (Å²) in [5.41, 5.74) is 2.51. The number of rotatable bonds is 5. The standard InChI is InChI=1S/C23H16BrFN2O2S/c24-19-12-16(6-11-20(19)29-14-15-4-2-1-3-5-15)13-21-22(28)27-23(30-21)26-18-9-7-17(25)8-10-18/h1-13H,14H2,(H,26,27,28)/b21-13-. The van der Waals surface area contributed by atoms with Crippen LogP contribution < -0.4 is 10.1 Å². The van der Waals surface area contributed by atoms with Crippen LogP contribution in [0.3, 0.4) is 0 Å². The topological polar surface area (TPSA) is 50.7 Å². The van der Waals surface area contributed by atoms with Crippen LogP contribution in [0.1, 0.15) is 11.1 Å². The molecule has 0 saturated carbocycles. The molecule has 150 valence electrons. The maximum Gasteiger partial charge on any atom is 0.264 e. The van der Waals surface area contributed by atoms with Crippen molar-refractivity contribution in [3.8, 4) is 5.75 Å². The monoisotopic (exact) mass is 482 g/mol. The lowest BCUT2D eigenvalue weighted by Crippen LogP contribution is -2.19. The number of carbonyl (C=O) groups excluding carboxylic acids is 1. The van der Waals surface area contributed by atoms with Gasteiger partial charge in [0.2, 0.25) is 0 Å². The van der Waals surface area contributed by atoms with E-state index in [2.05, 4.69) is 26.2 Å². The highest BCUT2D eigenvalue weighted by Crippen LogP contribution is 2.31. The number of benzene rings is 3. The molecular weight excluding hydrogens is 467 g/mol. The predicted molar refractivity (Wildman–Crippen MR) is 122 cm³/mol. The number of halogens is 2. The molecule has 0 spiro atoms. The Labute approximate surface area is 186 Å². The first-order chi connectivity index (χ1) is 14.6. The van der Waals surface area contributed by atoms with Crippen molar-refractivity contribution in [2.45, 2.75) is 6.61 Å². The summed E-state index contributed by atoms with van der Waals surface area (Å²) < 4.78 is 19.7. The minimum absolute atomic E-state index is 0.221. The number of aliphatic imine (C=N–C) groups is 1. The Morgan fingerprint density at radius 1 is 1.07 bits per heavy atom. The van der Waals surface area contributed by atoms with Gasteiger partial charge in [0.05, 0.1) is 15.1 Å². The van der Waals surface area contributed by atoms with Gasteiger partial charge in [0.1, 0.15) is 18.2 Å². The van der Waals surface area contributed by atoms with Gasteiger partial charge < -0.3 is 10.1 Å². The first kappa shape index (κ1) is 20.4. The zero-order valence-corrected chi connectivity index (χ0v) is 18.0. The number of hydrogen-bond acceptors (Lipinski definition) is 4. The summed E-state index contributed by atoms with van der Waals surface area (Å²) in [4.78, 5) is 17.1. The molecule has 30 heavy (non-hydrogen) atoms. The van der Waals surface area contributed by atoms with Crippen LogP contribution >= 0.6 is 27.7 Å². The molecule has 0 radical (unpaired) electrons. The minimum Gasteiger partial charge on any atom is -0.488 e. The number of hydrogen-bond donors (Lipinski definition) is 1. The Hall–Kier alpha value is -2.90. The van der Waals surface area contributed by atoms with E-state index in [1.807, 2.05) is 48.5 Å². The molecule has 1 saturated heterocycles. The molecule has 0 atom stereocenters. The zero-order chi connectivity index (χ0) is 20.9. The van der Waals surface area contributed by atoms with E-state index in [1.54, 1.807) is 18.2 Å². The van der Waals surface area contributed by atoms with Crippen molar-refractivity contribution < 1.29 is 13.9 Å². The smallest absolute Gasteiger partial charge is 0.264 e. The maximum absolute atomic E-state index is 13.0. The van der Waals surface area contributed by atoms with Crippen LogP contribution in [0.2, 0.25) is 0 Å². The van der Waals surface area contributed by atoms with Crippen LogP contribution in [0.15, 0.2) is 87.2 Å². The lowest BCUT2D eigenvalue weighted by molar-refractivity contribution is -0.115. The molecule has 0 aliphatic carbocycles. The van der Waals surface area contributed by atoms with Gasteiger partial charge in [-0.3, -0.25) is 4.79 Å². The highest BCUT2D eigenvalue weighted by Gasteiger charge is 2.23. The molecule has 3 aromatic rings. The number of nitrogens with one attached hydrogen (secondary N) is 1. The van der Waals surface area contributed by atoms with Crippen molar-refractivity contribution in [2.75, 3.05) is 0 Å². The van der Waals surface area contributed by atoms with Gasteiger partial charge in [-0.15, -0.1) is 0 Å². The third kappa shape index (κ3) is 5.17. The van der Waals surface area contributed by atoms with Crippen LogP contribution in [0.4, 0.5) is 10.1 Å². The average molecular weight is 483 g/mol. The number of thioether (sulfide) groups is 1. The van der Waals surface area contributed by atoms with E-state index in [4.69, 9.17) is 4.74 Å². The van der Waals surface area contributed by atoms with Crippen LogP contribution in [-0.2, 0) is 11.4 Å². The Morgan fingerprint density at radius 3 is 2.57 bits per heavy atom. The van der Waals surface area contributed by atoms with E-state index in [1.165, 1.54) is 23.9 Å². The molecule has 4 rings (SSSR count). The molecule has 7 heteroatoms. The lowest BCUT2D eigenvalue weighted by Gasteiger charge is -2.09. The average Bonchev–Trinajstić information content (AvgIpc) is 3.08. The molecule has 3 aromatic carbocycles. The van der Waals surface area contributed by atoms with Crippen LogP contribution in [0.25, 0.3) is 6.08 Å². The Balaban J connectivity index is 1.45. The maximum atomic E-state index is 13.0. The molecule has 1 heterocycles. The Morgan fingerprint density at radius 2 is 1.83 bits per heavy atom. The van der Waals surface area contributed by atoms with Crippen molar-refractivity contribution in [1.29, 1.82) is 0 Å². The van der Waals surface area contributed by atoms with Gasteiger partial charge in [0.15, 0.2) is 5.17 Å². The van der Waals surface area contributed by atoms with Crippen LogP contribution in [-0.4, -0.2) is 11.1 Å². The summed E-state index contributed by atoms with van der Waals surface area (Å²) >= 11 is 4.77. The number of carbonyl (C=O) groups is 1. The number of amides is 1. The van der Waals surface area contributed by atoms with Crippen LogP contribution in [0, 0.1) is 5.82 Å². The first-order valence-electron chi connectivity index (χ1n) is 9.08. The van der Waals surface area contributed by atoms with Crippen molar-refractivity contribution in [3.05, 3.63) is 99.1 Å². The summed E-state index contributed by atoms with van der Waals surface area (Å²) in [6.45, 7) is 0.474. The number of ether oxygens (including phenoxy) is 1. The Bertz CT molecular complexity index is 1130. The molecule has 1 aliphatic rings. The van der Waals surface area contributed by atoms with E-state index in [9.17, 15) is 9.18 Å². The second kappa shape index (κ2) is 9.28. The minimum atomic E-state index is -0.329. The fourth-order valence-electron chi connectivity index (χ4n) is 2.72. The second-order valence-electron chi connectivity index (χ2n) is 6.42. The SMILES string of the molecule is O=C1NC(=Nc2ccc(F)cc2)S/C1=C\c1ccc(OCc2ccccc2)c(Br)c1. The summed E-state index contributed by atoms with van der Waals surface area (Å²) in [5.74, 6) is 0.175. The molecule has 4 nitrogen and oxygen atoms in total. The fraction of sp³-hybridized carbons (Fsp3) is 0.0435. The summed E-state index contributed by atoms with van der Waals surface area (Å²) in [7, 11) is 0. The quantitative estimate of drug-likeness (QED) is 0.449. The van der Waals surface area contributed by atoms with Gasteiger partial charge in [-0.2, -0.15) is 0 Å². The van der Waals surface area contributed by atoms with Gasteiger partial charge in [0, 0.05) is 0 Å². The van der Waals surface area contributed by atoms with Crippen LogP contribution in [0.5, 0.6) is 5.75 Å². The van der Waals surface area contributed by atoms with Gasteiger partial charge >= 0.3 is 0 Å². The van der Waals surface area contributed by atoms with Crippen molar-refractivity contribution in [2.24, 2.45) is 4.99 Å². The van der Waals surface area contributed by atoms with Crippen molar-refractivity contribution in [1.82, 2.24) is 5.32 Å². The van der Waals surface area contributed by atoms with E-state index >= 15 is 0 Å². The van der Waals surface area contributed by atoms with E-state index in [0.717, 1.165) is 21.3 Å².